The van der Waals surface area contributed by atoms with Gasteiger partial charge in [-0.25, -0.2) is 21.6 Å². The lowest BCUT2D eigenvalue weighted by Crippen LogP contribution is -2.45. The zero-order valence-electron chi connectivity index (χ0n) is 21.6. The van der Waals surface area contributed by atoms with E-state index in [0.717, 1.165) is 22.5 Å². The van der Waals surface area contributed by atoms with Crippen LogP contribution in [0, 0.1) is 17.5 Å². The van der Waals surface area contributed by atoms with Crippen LogP contribution in [-0.4, -0.2) is 54.0 Å². The Morgan fingerprint density at radius 1 is 1.12 bits per heavy atom. The van der Waals surface area contributed by atoms with E-state index in [9.17, 15) is 31.2 Å². The third-order valence-corrected chi connectivity index (χ3v) is 8.65. The summed E-state index contributed by atoms with van der Waals surface area (Å²) in [5.41, 5.74) is -0.534. The number of carbonyl (C=O) groups excluding carboxylic acids is 2. The summed E-state index contributed by atoms with van der Waals surface area (Å²) in [6.07, 6.45) is 0.495. The van der Waals surface area contributed by atoms with Gasteiger partial charge in [-0.2, -0.15) is 9.40 Å². The van der Waals surface area contributed by atoms with Crippen molar-refractivity contribution in [1.29, 1.82) is 0 Å². The van der Waals surface area contributed by atoms with Crippen molar-refractivity contribution in [2.45, 2.75) is 49.6 Å². The number of anilines is 2. The summed E-state index contributed by atoms with van der Waals surface area (Å²) in [5.74, 6) is -4.48. The van der Waals surface area contributed by atoms with Crippen molar-refractivity contribution in [3.05, 3.63) is 70.7 Å². The molecule has 1 aromatic heterocycles. The largest absolute Gasteiger partial charge is 0.368 e. The van der Waals surface area contributed by atoms with E-state index in [0.29, 0.717) is 36.8 Å². The number of hydrogen-bond donors (Lipinski definition) is 3. The van der Waals surface area contributed by atoms with E-state index in [1.165, 1.54) is 12.1 Å². The average molecular weight is 578 g/mol. The Balaban J connectivity index is 1.44. The van der Waals surface area contributed by atoms with E-state index < -0.39 is 61.3 Å². The number of halogens is 3. The minimum absolute atomic E-state index is 0.0528. The Labute approximate surface area is 227 Å². The Kier molecular flexibility index (Phi) is 7.18. The molecule has 2 aliphatic rings. The number of H-pyrrole nitrogens is 1. The predicted octanol–water partition coefficient (Wildman–Crippen LogP) is 3.68. The minimum Gasteiger partial charge on any atom is -0.368 e. The van der Waals surface area contributed by atoms with Crippen LogP contribution in [0.25, 0.3) is 0 Å². The fraction of sp³-hybridized carbons (Fsp3) is 0.346. The van der Waals surface area contributed by atoms with Crippen molar-refractivity contribution in [3.8, 4) is 0 Å². The van der Waals surface area contributed by atoms with E-state index in [-0.39, 0.29) is 24.6 Å². The Hall–Kier alpha value is -3.75. The molecule has 2 aliphatic heterocycles. The van der Waals surface area contributed by atoms with Crippen LogP contribution in [0.5, 0.6) is 0 Å². The van der Waals surface area contributed by atoms with Crippen LogP contribution in [0.1, 0.15) is 48.3 Å². The summed E-state index contributed by atoms with van der Waals surface area (Å²) in [6.45, 7) is 3.56. The molecular formula is C26H26F3N5O5S. The molecule has 0 spiro atoms. The number of fused-ring (bicyclic) bond motifs is 1. The monoisotopic (exact) mass is 577 g/mol. The zero-order valence-corrected chi connectivity index (χ0v) is 22.4. The lowest BCUT2D eigenvalue weighted by atomic mass is 9.84. The molecule has 212 valence electrons. The predicted molar refractivity (Wildman–Crippen MR) is 138 cm³/mol. The fourth-order valence-electron chi connectivity index (χ4n) is 4.96. The molecule has 0 radical (unpaired) electrons. The molecule has 2 aromatic carbocycles. The van der Waals surface area contributed by atoms with Gasteiger partial charge in [0.1, 0.15) is 23.6 Å². The number of aromatic amines is 1. The third-order valence-electron chi connectivity index (χ3n) is 6.88. The molecule has 0 unspecified atom stereocenters. The molecule has 1 saturated heterocycles. The lowest BCUT2D eigenvalue weighted by Gasteiger charge is -2.36. The first-order valence-electron chi connectivity index (χ1n) is 12.4. The first kappa shape index (κ1) is 27.8. The molecule has 5 rings (SSSR count). The molecule has 3 N–H and O–H groups in total. The van der Waals surface area contributed by atoms with Crippen LogP contribution in [0.15, 0.2) is 41.3 Å². The molecule has 1 atom stereocenters. The molecule has 1 fully saturated rings. The molecular weight excluding hydrogens is 551 g/mol. The van der Waals surface area contributed by atoms with Gasteiger partial charge in [0.05, 0.1) is 16.1 Å². The standard InChI is InChI=1S/C26H26F3N5O5S/c1-26(2)13-34(40(37,38)16-10-14(27)9-15(28)11-16)12-17-22(26)32-33-23(17)31-25(36)21-18(29)5-3-6-19(21)30-24(35)20-7-4-8-39-20/h3,5-6,9-11,20H,4,7-8,12-13H2,1-2H3,(H,30,35)(H2,31,32,33,36)/t20-/m0/s1. The van der Waals surface area contributed by atoms with Gasteiger partial charge in [-0.05, 0) is 37.1 Å². The van der Waals surface area contributed by atoms with Gasteiger partial charge in [-0.15, -0.1) is 0 Å². The molecule has 3 aromatic rings. The number of ether oxygens (including phenoxy) is 1. The highest BCUT2D eigenvalue weighted by molar-refractivity contribution is 7.89. The number of carbonyl (C=O) groups is 2. The van der Waals surface area contributed by atoms with Crippen molar-refractivity contribution in [3.63, 3.8) is 0 Å². The van der Waals surface area contributed by atoms with E-state index >= 15 is 0 Å². The number of aromatic nitrogens is 2. The minimum atomic E-state index is -4.35. The summed E-state index contributed by atoms with van der Waals surface area (Å²) < 4.78 is 75.6. The number of sulfonamides is 1. The van der Waals surface area contributed by atoms with Gasteiger partial charge in [-0.3, -0.25) is 14.7 Å². The molecule has 0 bridgehead atoms. The van der Waals surface area contributed by atoms with Crippen LogP contribution < -0.4 is 10.6 Å². The highest BCUT2D eigenvalue weighted by Crippen LogP contribution is 2.38. The smallest absolute Gasteiger partial charge is 0.261 e. The summed E-state index contributed by atoms with van der Waals surface area (Å²) >= 11 is 0. The topological polar surface area (TPSA) is 133 Å². The van der Waals surface area contributed by atoms with Crippen LogP contribution >= 0.6 is 0 Å². The van der Waals surface area contributed by atoms with Crippen molar-refractivity contribution in [1.82, 2.24) is 14.5 Å². The maximum atomic E-state index is 14.9. The summed E-state index contributed by atoms with van der Waals surface area (Å²) in [6, 6.07) is 5.80. The number of hydrogen-bond acceptors (Lipinski definition) is 6. The highest BCUT2D eigenvalue weighted by atomic mass is 32.2. The second-order valence-electron chi connectivity index (χ2n) is 10.3. The average Bonchev–Trinajstić information content (AvgIpc) is 3.54. The van der Waals surface area contributed by atoms with Gasteiger partial charge in [0.15, 0.2) is 5.82 Å². The van der Waals surface area contributed by atoms with Crippen LogP contribution in [-0.2, 0) is 31.5 Å². The molecule has 3 heterocycles. The SMILES string of the molecule is CC1(C)CN(S(=O)(=O)c2cc(F)cc(F)c2)Cc2c(NC(=O)c3c(F)cccc3NC(=O)[C@@H]3CCCO3)n[nH]c21. The second kappa shape index (κ2) is 10.3. The second-order valence-corrected chi connectivity index (χ2v) is 12.2. The summed E-state index contributed by atoms with van der Waals surface area (Å²) in [7, 11) is -4.35. The molecule has 2 amide bonds. The molecule has 0 saturated carbocycles. The van der Waals surface area contributed by atoms with Crippen molar-refractivity contribution >= 4 is 33.3 Å². The van der Waals surface area contributed by atoms with E-state index in [4.69, 9.17) is 4.74 Å². The Morgan fingerprint density at radius 2 is 1.85 bits per heavy atom. The van der Waals surface area contributed by atoms with Gasteiger partial charge in [0.25, 0.3) is 11.8 Å². The normalized spacial score (nSPS) is 18.8. The molecule has 0 aliphatic carbocycles. The van der Waals surface area contributed by atoms with Crippen molar-refractivity contribution < 1.29 is 35.9 Å². The quantitative estimate of drug-likeness (QED) is 0.410. The number of nitrogens with zero attached hydrogens (tertiary/aromatic N) is 2. The first-order valence-corrected chi connectivity index (χ1v) is 13.9. The first-order chi connectivity index (χ1) is 18.9. The Morgan fingerprint density at radius 3 is 2.52 bits per heavy atom. The van der Waals surface area contributed by atoms with Gasteiger partial charge in [0, 0.05) is 42.4 Å². The van der Waals surface area contributed by atoms with Crippen LogP contribution in [0.4, 0.5) is 24.7 Å². The maximum Gasteiger partial charge on any atom is 0.261 e. The summed E-state index contributed by atoms with van der Waals surface area (Å²) in [4.78, 5) is 25.3. The van der Waals surface area contributed by atoms with Crippen molar-refractivity contribution in [2.24, 2.45) is 0 Å². The number of benzene rings is 2. The third kappa shape index (κ3) is 5.21. The van der Waals surface area contributed by atoms with Crippen LogP contribution in [0.3, 0.4) is 0 Å². The van der Waals surface area contributed by atoms with Crippen molar-refractivity contribution in [2.75, 3.05) is 23.8 Å². The zero-order chi connectivity index (χ0) is 28.8. The van der Waals surface area contributed by atoms with E-state index in [1.807, 2.05) is 0 Å². The van der Waals surface area contributed by atoms with Gasteiger partial charge in [0.2, 0.25) is 10.0 Å². The molecule has 40 heavy (non-hydrogen) atoms. The number of amides is 2. The molecule has 10 nitrogen and oxygen atoms in total. The lowest BCUT2D eigenvalue weighted by molar-refractivity contribution is -0.124. The molecule has 14 heteroatoms. The van der Waals surface area contributed by atoms with Gasteiger partial charge in [-0.1, -0.05) is 19.9 Å². The number of rotatable bonds is 6. The summed E-state index contributed by atoms with van der Waals surface area (Å²) in [5, 5.41) is 12.0. The van der Waals surface area contributed by atoms with Gasteiger partial charge >= 0.3 is 0 Å². The Bertz CT molecular complexity index is 1580. The fourth-order valence-corrected chi connectivity index (χ4v) is 6.57. The van der Waals surface area contributed by atoms with E-state index in [1.54, 1.807) is 13.8 Å². The maximum absolute atomic E-state index is 14.9. The van der Waals surface area contributed by atoms with Gasteiger partial charge < -0.3 is 15.4 Å². The van der Waals surface area contributed by atoms with Crippen LogP contribution in [0.2, 0.25) is 0 Å². The van der Waals surface area contributed by atoms with E-state index in [2.05, 4.69) is 20.8 Å². The highest BCUT2D eigenvalue weighted by Gasteiger charge is 2.41. The number of nitrogens with one attached hydrogen (secondary N) is 3.